The van der Waals surface area contributed by atoms with Gasteiger partial charge in [0.15, 0.2) is 15.7 Å². The second-order valence-corrected chi connectivity index (χ2v) is 7.32. The Morgan fingerprint density at radius 1 is 1.32 bits per heavy atom. The lowest BCUT2D eigenvalue weighted by molar-refractivity contribution is 0.146. The van der Waals surface area contributed by atoms with Crippen molar-refractivity contribution in [3.63, 3.8) is 0 Å². The molecule has 1 unspecified atom stereocenters. The molecule has 22 heavy (non-hydrogen) atoms. The van der Waals surface area contributed by atoms with Gasteiger partial charge in [0.25, 0.3) is 12.3 Å². The van der Waals surface area contributed by atoms with Gasteiger partial charge >= 0.3 is 0 Å². The van der Waals surface area contributed by atoms with E-state index in [0.717, 1.165) is 12.1 Å². The van der Waals surface area contributed by atoms with Gasteiger partial charge in [-0.25, -0.2) is 21.6 Å². The van der Waals surface area contributed by atoms with Crippen LogP contribution in [0.3, 0.4) is 0 Å². The fourth-order valence-corrected chi connectivity index (χ4v) is 4.10. The molecule has 0 spiro atoms. The zero-order valence-electron chi connectivity index (χ0n) is 11.2. The minimum atomic E-state index is -3.09. The van der Waals surface area contributed by atoms with Crippen molar-refractivity contribution in [2.24, 2.45) is 0 Å². The molecule has 1 aliphatic rings. The molecule has 1 atom stereocenters. The van der Waals surface area contributed by atoms with E-state index in [1.54, 1.807) is 0 Å². The average Bonchev–Trinajstić information content (AvgIpc) is 3.05. The molecule has 0 N–H and O–H groups in total. The molecule has 1 fully saturated rings. The topological polar surface area (TPSA) is 73.1 Å². The Morgan fingerprint density at radius 2 is 2.09 bits per heavy atom. The van der Waals surface area contributed by atoms with Crippen LogP contribution in [-0.4, -0.2) is 30.1 Å². The Morgan fingerprint density at radius 3 is 2.73 bits per heavy atom. The van der Waals surface area contributed by atoms with Crippen molar-refractivity contribution in [3.05, 3.63) is 35.4 Å². The molecule has 1 aliphatic heterocycles. The van der Waals surface area contributed by atoms with Gasteiger partial charge in [0, 0.05) is 11.5 Å². The highest BCUT2D eigenvalue weighted by molar-refractivity contribution is 7.91. The van der Waals surface area contributed by atoms with Gasteiger partial charge in [-0.3, -0.25) is 0 Å². The third kappa shape index (κ3) is 2.85. The Balaban J connectivity index is 1.90. The highest BCUT2D eigenvalue weighted by Crippen LogP contribution is 2.30. The van der Waals surface area contributed by atoms with Gasteiger partial charge in [0.2, 0.25) is 0 Å². The quantitative estimate of drug-likeness (QED) is 0.864. The van der Waals surface area contributed by atoms with Gasteiger partial charge in [-0.2, -0.15) is 4.98 Å². The maximum atomic E-state index is 13.3. The Labute approximate surface area is 124 Å². The number of hydrogen-bond acceptors (Lipinski definition) is 5. The van der Waals surface area contributed by atoms with E-state index >= 15 is 0 Å². The third-order valence-corrected chi connectivity index (χ3v) is 5.29. The third-order valence-electron chi connectivity index (χ3n) is 3.52. The maximum absolute atomic E-state index is 13.3. The van der Waals surface area contributed by atoms with E-state index < -0.39 is 27.6 Å². The van der Waals surface area contributed by atoms with E-state index in [1.165, 1.54) is 6.07 Å². The Kier molecular flexibility index (Phi) is 3.67. The predicted octanol–water partition coefficient (Wildman–Crippen LogP) is 2.72. The highest BCUT2D eigenvalue weighted by Gasteiger charge is 2.32. The first-order valence-electron chi connectivity index (χ1n) is 6.48. The number of hydrogen-bond donors (Lipinski definition) is 0. The van der Waals surface area contributed by atoms with Crippen molar-refractivity contribution < 1.29 is 26.1 Å². The molecule has 3 rings (SSSR count). The van der Waals surface area contributed by atoms with Crippen LogP contribution in [0.4, 0.5) is 13.2 Å². The molecule has 0 bridgehead atoms. The molecule has 2 aromatic rings. The average molecular weight is 332 g/mol. The second-order valence-electron chi connectivity index (χ2n) is 5.09. The molecule has 0 amide bonds. The summed E-state index contributed by atoms with van der Waals surface area (Å²) in [5, 5.41) is 3.71. The monoisotopic (exact) mass is 332 g/mol. The molecule has 0 radical (unpaired) electrons. The van der Waals surface area contributed by atoms with Gasteiger partial charge < -0.3 is 4.52 Å². The van der Waals surface area contributed by atoms with E-state index in [-0.39, 0.29) is 34.7 Å². The lowest BCUT2D eigenvalue weighted by Crippen LogP contribution is -2.05. The number of benzene rings is 1. The molecule has 1 aromatic carbocycles. The first-order valence-corrected chi connectivity index (χ1v) is 8.30. The summed E-state index contributed by atoms with van der Waals surface area (Å²) in [6, 6.07) is 3.10. The van der Waals surface area contributed by atoms with Gasteiger partial charge in [-0.1, -0.05) is 5.16 Å². The molecular weight excluding hydrogens is 321 g/mol. The molecule has 1 saturated heterocycles. The van der Waals surface area contributed by atoms with Crippen LogP contribution in [0.1, 0.15) is 30.2 Å². The summed E-state index contributed by atoms with van der Waals surface area (Å²) >= 11 is 0. The van der Waals surface area contributed by atoms with Crippen molar-refractivity contribution in [1.82, 2.24) is 10.1 Å². The molecule has 2 heterocycles. The van der Waals surface area contributed by atoms with Crippen molar-refractivity contribution in [2.45, 2.75) is 18.8 Å². The number of nitrogens with zero attached hydrogens (tertiary/aromatic N) is 2. The van der Waals surface area contributed by atoms with Gasteiger partial charge in [0.05, 0.1) is 17.1 Å². The maximum Gasteiger partial charge on any atom is 0.266 e. The van der Waals surface area contributed by atoms with E-state index in [1.807, 2.05) is 0 Å². The highest BCUT2D eigenvalue weighted by atomic mass is 32.2. The van der Waals surface area contributed by atoms with Crippen LogP contribution < -0.4 is 0 Å². The fraction of sp³-hybridized carbons (Fsp3) is 0.385. The fourth-order valence-electron chi connectivity index (χ4n) is 2.36. The second kappa shape index (κ2) is 5.38. The van der Waals surface area contributed by atoms with E-state index in [0.29, 0.717) is 6.42 Å². The summed E-state index contributed by atoms with van der Waals surface area (Å²) in [5.41, 5.74) is -0.586. The van der Waals surface area contributed by atoms with Crippen LogP contribution in [0.5, 0.6) is 0 Å². The molecule has 118 valence electrons. The number of sulfone groups is 1. The van der Waals surface area contributed by atoms with Gasteiger partial charge in [0.1, 0.15) is 5.82 Å². The van der Waals surface area contributed by atoms with Crippen LogP contribution in [0.25, 0.3) is 11.5 Å². The summed E-state index contributed by atoms with van der Waals surface area (Å²) in [6.45, 7) is 0. The van der Waals surface area contributed by atoms with Crippen LogP contribution >= 0.6 is 0 Å². The lowest BCUT2D eigenvalue weighted by atomic mass is 10.1. The Bertz CT molecular complexity index is 805. The van der Waals surface area contributed by atoms with Crippen molar-refractivity contribution in [1.29, 1.82) is 0 Å². The van der Waals surface area contributed by atoms with Crippen LogP contribution in [-0.2, 0) is 9.84 Å². The first-order chi connectivity index (χ1) is 10.4. The van der Waals surface area contributed by atoms with Gasteiger partial charge in [-0.15, -0.1) is 0 Å². The molecule has 1 aromatic heterocycles. The Hall–Kier alpha value is -1.90. The largest absolute Gasteiger partial charge is 0.334 e. The van der Waals surface area contributed by atoms with Gasteiger partial charge in [-0.05, 0) is 24.6 Å². The standard InChI is InChI=1S/C13H11F3N2O3S/c14-10-2-1-7(5-9(10)11(15)16)13-17-12(18-21-13)8-3-4-22(19,20)6-8/h1-2,5,8,11H,3-4,6H2. The first kappa shape index (κ1) is 15.0. The molecular formula is C13H11F3N2O3S. The minimum Gasteiger partial charge on any atom is -0.334 e. The molecule has 0 aliphatic carbocycles. The van der Waals surface area contributed by atoms with Crippen LogP contribution in [0.2, 0.25) is 0 Å². The number of rotatable bonds is 3. The number of alkyl halides is 2. The minimum absolute atomic E-state index is 0.0406. The lowest BCUT2D eigenvalue weighted by Gasteiger charge is -2.03. The van der Waals surface area contributed by atoms with E-state index in [4.69, 9.17) is 4.52 Å². The normalized spacial score (nSPS) is 20.6. The van der Waals surface area contributed by atoms with E-state index in [2.05, 4.69) is 10.1 Å². The summed E-state index contributed by atoms with van der Waals surface area (Å²) in [4.78, 5) is 4.05. The number of aromatic nitrogens is 2. The zero-order chi connectivity index (χ0) is 15.9. The van der Waals surface area contributed by atoms with Crippen molar-refractivity contribution in [3.8, 4) is 11.5 Å². The zero-order valence-corrected chi connectivity index (χ0v) is 12.0. The molecule has 9 heteroatoms. The van der Waals surface area contributed by atoms with Crippen LogP contribution in [0, 0.1) is 5.82 Å². The van der Waals surface area contributed by atoms with E-state index in [9.17, 15) is 21.6 Å². The SMILES string of the molecule is O=S1(=O)CCC(c2noc(-c3ccc(F)c(C(F)F)c3)n2)C1. The smallest absolute Gasteiger partial charge is 0.266 e. The van der Waals surface area contributed by atoms with Crippen molar-refractivity contribution in [2.75, 3.05) is 11.5 Å². The summed E-state index contributed by atoms with van der Waals surface area (Å²) in [6.07, 6.45) is -2.56. The predicted molar refractivity (Wildman–Crippen MR) is 70.7 cm³/mol. The van der Waals surface area contributed by atoms with Crippen LogP contribution in [0.15, 0.2) is 22.7 Å². The summed E-state index contributed by atoms with van der Waals surface area (Å²) < 4.78 is 66.5. The summed E-state index contributed by atoms with van der Waals surface area (Å²) in [5.74, 6) is -1.19. The van der Waals surface area contributed by atoms with Crippen molar-refractivity contribution >= 4 is 9.84 Å². The molecule has 5 nitrogen and oxygen atoms in total. The summed E-state index contributed by atoms with van der Waals surface area (Å²) in [7, 11) is -3.09. The number of halogens is 3. The molecule has 0 saturated carbocycles.